The van der Waals surface area contributed by atoms with E-state index in [4.69, 9.17) is 4.74 Å². The highest BCUT2D eigenvalue weighted by Crippen LogP contribution is 2.12. The molecule has 0 aliphatic carbocycles. The number of benzene rings is 1. The van der Waals surface area contributed by atoms with E-state index in [0.717, 1.165) is 17.4 Å². The Balaban J connectivity index is 2.64. The molecule has 0 heterocycles. The first-order valence-electron chi connectivity index (χ1n) is 3.86. The molecule has 1 nitrogen and oxygen atoms in total. The summed E-state index contributed by atoms with van der Waals surface area (Å²) in [6, 6.07) is 7.02. The average Bonchev–Trinajstić information content (AvgIpc) is 2.15. The summed E-state index contributed by atoms with van der Waals surface area (Å²) >= 11 is 0. The molecule has 3 heteroatoms. The van der Waals surface area contributed by atoms with E-state index in [1.807, 2.05) is 0 Å². The van der Waals surface area contributed by atoms with Gasteiger partial charge in [0.05, 0.1) is 7.11 Å². The number of halogens is 2. The van der Waals surface area contributed by atoms with Crippen molar-refractivity contribution in [1.82, 2.24) is 0 Å². The first-order valence-corrected chi connectivity index (χ1v) is 3.86. The predicted octanol–water partition coefficient (Wildman–Crippen LogP) is 3.02. The lowest BCUT2D eigenvalue weighted by molar-refractivity contribution is 0.414. The van der Waals surface area contributed by atoms with Crippen molar-refractivity contribution in [3.8, 4) is 5.75 Å². The summed E-state index contributed by atoms with van der Waals surface area (Å²) in [5.41, 5.74) is 0.841. The van der Waals surface area contributed by atoms with Crippen LogP contribution in [-0.2, 0) is 6.42 Å². The van der Waals surface area contributed by atoms with E-state index in [-0.39, 0.29) is 6.42 Å². The molecule has 0 aliphatic heterocycles. The van der Waals surface area contributed by atoms with Crippen molar-refractivity contribution in [2.45, 2.75) is 6.42 Å². The Bertz CT molecular complexity index is 286. The van der Waals surface area contributed by atoms with Crippen LogP contribution in [-0.4, -0.2) is 7.11 Å². The molecule has 1 rings (SSSR count). The van der Waals surface area contributed by atoms with E-state index in [2.05, 4.69) is 0 Å². The van der Waals surface area contributed by atoms with Crippen molar-refractivity contribution in [3.63, 3.8) is 0 Å². The van der Waals surface area contributed by atoms with E-state index in [1.165, 1.54) is 0 Å². The van der Waals surface area contributed by atoms with E-state index >= 15 is 0 Å². The SMILES string of the molecule is COc1ccc(CC=C(F)F)cc1. The van der Waals surface area contributed by atoms with Gasteiger partial charge in [0.2, 0.25) is 0 Å². The number of hydrogen-bond acceptors (Lipinski definition) is 1. The Morgan fingerprint density at radius 3 is 2.38 bits per heavy atom. The van der Waals surface area contributed by atoms with Crippen molar-refractivity contribution in [1.29, 1.82) is 0 Å². The summed E-state index contributed by atoms with van der Waals surface area (Å²) in [7, 11) is 1.57. The molecule has 0 saturated heterocycles. The van der Waals surface area contributed by atoms with E-state index < -0.39 is 6.08 Å². The molecule has 0 radical (unpaired) electrons. The second kappa shape index (κ2) is 4.60. The normalized spacial score (nSPS) is 9.46. The number of allylic oxidation sites excluding steroid dienone is 1. The second-order valence-electron chi connectivity index (χ2n) is 2.55. The highest BCUT2D eigenvalue weighted by molar-refractivity contribution is 5.28. The third kappa shape index (κ3) is 3.23. The maximum absolute atomic E-state index is 11.7. The van der Waals surface area contributed by atoms with Crippen LogP contribution in [0.3, 0.4) is 0 Å². The molecule has 1 aromatic carbocycles. The molecule has 13 heavy (non-hydrogen) atoms. The minimum atomic E-state index is -1.64. The average molecular weight is 184 g/mol. The Labute approximate surface area is 75.6 Å². The fourth-order valence-corrected chi connectivity index (χ4v) is 0.957. The molecule has 1 aromatic rings. The molecule has 70 valence electrons. The highest BCUT2D eigenvalue weighted by atomic mass is 19.3. The number of rotatable bonds is 3. The lowest BCUT2D eigenvalue weighted by atomic mass is 10.1. The van der Waals surface area contributed by atoms with Gasteiger partial charge in [-0.25, -0.2) is 0 Å². The van der Waals surface area contributed by atoms with Crippen LogP contribution in [0.1, 0.15) is 5.56 Å². The third-order valence-electron chi connectivity index (χ3n) is 1.65. The van der Waals surface area contributed by atoms with Gasteiger partial charge in [0.1, 0.15) is 5.75 Å². The fourth-order valence-electron chi connectivity index (χ4n) is 0.957. The van der Waals surface area contributed by atoms with E-state index in [1.54, 1.807) is 31.4 Å². The van der Waals surface area contributed by atoms with Crippen molar-refractivity contribution in [3.05, 3.63) is 42.0 Å². The fraction of sp³-hybridized carbons (Fsp3) is 0.200. The van der Waals surface area contributed by atoms with Gasteiger partial charge in [-0.1, -0.05) is 12.1 Å². The molecular formula is C10H10F2O. The molecule has 0 bridgehead atoms. The van der Waals surface area contributed by atoms with Crippen molar-refractivity contribution >= 4 is 0 Å². The quantitative estimate of drug-likeness (QED) is 0.701. The van der Waals surface area contributed by atoms with E-state index in [0.29, 0.717) is 0 Å². The standard InChI is InChI=1S/C10H10F2O/c1-13-9-5-2-8(3-6-9)4-7-10(11)12/h2-3,5-7H,4H2,1H3. The topological polar surface area (TPSA) is 9.23 Å². The first kappa shape index (κ1) is 9.71. The summed E-state index contributed by atoms with van der Waals surface area (Å²) in [5.74, 6) is 0.730. The van der Waals surface area contributed by atoms with Crippen molar-refractivity contribution in [2.24, 2.45) is 0 Å². The smallest absolute Gasteiger partial charge is 0.266 e. The van der Waals surface area contributed by atoms with Gasteiger partial charge < -0.3 is 4.74 Å². The summed E-state index contributed by atoms with van der Waals surface area (Å²) in [4.78, 5) is 0. The molecule has 0 spiro atoms. The van der Waals surface area contributed by atoms with Crippen molar-refractivity contribution in [2.75, 3.05) is 7.11 Å². The first-order chi connectivity index (χ1) is 6.22. The minimum Gasteiger partial charge on any atom is -0.497 e. The lowest BCUT2D eigenvalue weighted by Crippen LogP contribution is -1.84. The molecule has 0 unspecified atom stereocenters. The number of hydrogen-bond donors (Lipinski definition) is 0. The van der Waals surface area contributed by atoms with Crippen LogP contribution in [0.5, 0.6) is 5.75 Å². The lowest BCUT2D eigenvalue weighted by Gasteiger charge is -1.99. The number of ether oxygens (including phenoxy) is 1. The molecular weight excluding hydrogens is 174 g/mol. The molecule has 0 aromatic heterocycles. The maximum atomic E-state index is 11.7. The Morgan fingerprint density at radius 1 is 1.31 bits per heavy atom. The summed E-state index contributed by atoms with van der Waals surface area (Å²) in [6.45, 7) is 0. The van der Waals surface area contributed by atoms with Crippen LogP contribution in [0.25, 0.3) is 0 Å². The van der Waals surface area contributed by atoms with Crippen LogP contribution in [0.15, 0.2) is 36.4 Å². The van der Waals surface area contributed by atoms with Gasteiger partial charge in [0.15, 0.2) is 0 Å². The van der Waals surface area contributed by atoms with Gasteiger partial charge in [0, 0.05) is 0 Å². The Morgan fingerprint density at radius 2 is 1.92 bits per heavy atom. The van der Waals surface area contributed by atoms with E-state index in [9.17, 15) is 8.78 Å². The molecule has 0 aliphatic rings. The van der Waals surface area contributed by atoms with Gasteiger partial charge in [-0.15, -0.1) is 0 Å². The maximum Gasteiger partial charge on any atom is 0.266 e. The monoisotopic (exact) mass is 184 g/mol. The summed E-state index contributed by atoms with van der Waals surface area (Å²) in [6.07, 6.45) is -0.496. The zero-order chi connectivity index (χ0) is 9.68. The van der Waals surface area contributed by atoms with Crippen LogP contribution in [0.4, 0.5) is 8.78 Å². The second-order valence-corrected chi connectivity index (χ2v) is 2.55. The van der Waals surface area contributed by atoms with Crippen LogP contribution in [0, 0.1) is 0 Å². The largest absolute Gasteiger partial charge is 0.497 e. The molecule has 0 amide bonds. The molecule has 0 atom stereocenters. The van der Waals surface area contributed by atoms with Crippen LogP contribution in [0.2, 0.25) is 0 Å². The van der Waals surface area contributed by atoms with Gasteiger partial charge >= 0.3 is 0 Å². The minimum absolute atomic E-state index is 0.256. The van der Waals surface area contributed by atoms with Crippen molar-refractivity contribution < 1.29 is 13.5 Å². The van der Waals surface area contributed by atoms with Gasteiger partial charge in [-0.2, -0.15) is 8.78 Å². The molecule has 0 fully saturated rings. The van der Waals surface area contributed by atoms with Gasteiger partial charge in [-0.3, -0.25) is 0 Å². The zero-order valence-corrected chi connectivity index (χ0v) is 7.26. The molecule has 0 N–H and O–H groups in total. The number of methoxy groups -OCH3 is 1. The Hall–Kier alpha value is -1.38. The third-order valence-corrected chi connectivity index (χ3v) is 1.65. The summed E-state index contributed by atoms with van der Waals surface area (Å²) in [5, 5.41) is 0. The summed E-state index contributed by atoms with van der Waals surface area (Å²) < 4.78 is 28.3. The van der Waals surface area contributed by atoms with Crippen LogP contribution >= 0.6 is 0 Å². The van der Waals surface area contributed by atoms with Gasteiger partial charge in [0.25, 0.3) is 6.08 Å². The Kier molecular flexibility index (Phi) is 3.43. The predicted molar refractivity (Wildman–Crippen MR) is 47.0 cm³/mol. The highest BCUT2D eigenvalue weighted by Gasteiger charge is 1.93. The van der Waals surface area contributed by atoms with Crippen LogP contribution < -0.4 is 4.74 Å². The molecule has 0 saturated carbocycles. The zero-order valence-electron chi connectivity index (χ0n) is 7.26. The van der Waals surface area contributed by atoms with Gasteiger partial charge in [-0.05, 0) is 30.2 Å².